The highest BCUT2D eigenvalue weighted by atomic mass is 16.5. The lowest BCUT2D eigenvalue weighted by Crippen LogP contribution is -2.54. The Bertz CT molecular complexity index is 1070. The number of unbranched alkanes of at least 4 members (excludes halogenated alkanes) is 2. The molecule has 4 heteroatoms. The number of nitrogens with zero attached hydrogens (tertiary/aromatic N) is 2. The molecule has 1 aliphatic heterocycles. The summed E-state index contributed by atoms with van der Waals surface area (Å²) in [6, 6.07) is 19.8. The van der Waals surface area contributed by atoms with Crippen LogP contribution >= 0.6 is 0 Å². The van der Waals surface area contributed by atoms with Crippen molar-refractivity contribution in [3.63, 3.8) is 0 Å². The molecule has 2 aliphatic carbocycles. The van der Waals surface area contributed by atoms with Gasteiger partial charge in [-0.2, -0.15) is 0 Å². The highest BCUT2D eigenvalue weighted by Gasteiger charge is 2.54. The highest BCUT2D eigenvalue weighted by molar-refractivity contribution is 5.78. The number of urea groups is 1. The molecule has 2 aromatic rings. The van der Waals surface area contributed by atoms with Gasteiger partial charge in [0.15, 0.2) is 0 Å². The van der Waals surface area contributed by atoms with Crippen LogP contribution in [0, 0.1) is 11.8 Å². The van der Waals surface area contributed by atoms with Crippen LogP contribution in [0.5, 0.6) is 5.75 Å². The molecule has 2 aromatic carbocycles. The molecule has 5 rings (SSSR count). The van der Waals surface area contributed by atoms with E-state index in [-0.39, 0.29) is 17.0 Å². The van der Waals surface area contributed by atoms with Gasteiger partial charge in [-0.15, -0.1) is 0 Å². The molecule has 2 saturated carbocycles. The minimum absolute atomic E-state index is 0.0325. The molecule has 3 aliphatic rings. The van der Waals surface area contributed by atoms with Crippen LogP contribution in [0.1, 0.15) is 102 Å². The van der Waals surface area contributed by atoms with Crippen molar-refractivity contribution >= 4 is 6.03 Å². The van der Waals surface area contributed by atoms with Gasteiger partial charge in [0.05, 0.1) is 12.6 Å². The van der Waals surface area contributed by atoms with Gasteiger partial charge in [-0.25, -0.2) is 4.79 Å². The quantitative estimate of drug-likeness (QED) is 0.257. The van der Waals surface area contributed by atoms with Crippen LogP contribution in [-0.4, -0.2) is 41.6 Å². The number of carbonyl (C=O) groups excluding carboxylic acids is 1. The zero-order valence-electron chi connectivity index (χ0n) is 24.7. The lowest BCUT2D eigenvalue weighted by molar-refractivity contribution is 0.0586. The Kier molecular flexibility index (Phi) is 8.89. The van der Waals surface area contributed by atoms with Crippen molar-refractivity contribution in [2.45, 2.75) is 108 Å². The molecule has 0 aromatic heterocycles. The Morgan fingerprint density at radius 3 is 2.44 bits per heavy atom. The number of hydrogen-bond acceptors (Lipinski definition) is 2. The smallest absolute Gasteiger partial charge is 0.320 e. The molecular weight excluding hydrogens is 480 g/mol. The van der Waals surface area contributed by atoms with Crippen molar-refractivity contribution in [2.24, 2.45) is 11.8 Å². The molecule has 1 saturated heterocycles. The molecular formula is C35H50N2O2. The van der Waals surface area contributed by atoms with Crippen LogP contribution in [0.2, 0.25) is 0 Å². The van der Waals surface area contributed by atoms with Gasteiger partial charge in [-0.3, -0.25) is 0 Å². The molecule has 39 heavy (non-hydrogen) atoms. The summed E-state index contributed by atoms with van der Waals surface area (Å²) < 4.78 is 5.47. The first-order chi connectivity index (χ1) is 19.0. The molecule has 1 unspecified atom stereocenters. The van der Waals surface area contributed by atoms with Crippen molar-refractivity contribution < 1.29 is 9.53 Å². The molecule has 0 radical (unpaired) electrons. The average Bonchev–Trinajstić information content (AvgIpc) is 3.18. The highest BCUT2D eigenvalue weighted by Crippen LogP contribution is 2.51. The van der Waals surface area contributed by atoms with Crippen LogP contribution in [-0.2, 0) is 12.0 Å². The largest absolute Gasteiger partial charge is 0.497 e. The normalized spacial score (nSPS) is 26.2. The molecule has 212 valence electrons. The van der Waals surface area contributed by atoms with E-state index in [1.165, 1.54) is 69.8 Å². The van der Waals surface area contributed by atoms with E-state index < -0.39 is 0 Å². The Morgan fingerprint density at radius 1 is 1.00 bits per heavy atom. The van der Waals surface area contributed by atoms with Gasteiger partial charge < -0.3 is 14.5 Å². The topological polar surface area (TPSA) is 32.8 Å². The predicted molar refractivity (Wildman–Crippen MR) is 160 cm³/mol. The molecule has 1 heterocycles. The van der Waals surface area contributed by atoms with Gasteiger partial charge >= 0.3 is 6.03 Å². The third-order valence-electron chi connectivity index (χ3n) is 10.3. The second kappa shape index (κ2) is 12.4. The first-order valence-corrected chi connectivity index (χ1v) is 15.7. The number of benzene rings is 2. The van der Waals surface area contributed by atoms with Crippen LogP contribution in [0.25, 0.3) is 0 Å². The van der Waals surface area contributed by atoms with Gasteiger partial charge in [0.25, 0.3) is 0 Å². The second-order valence-electron chi connectivity index (χ2n) is 13.1. The molecule has 0 N–H and O–H groups in total. The SMILES string of the molecule is CCCCCC(C)CC1(c2ccccc2)CCC2(CC1)CN(Cc1cccc(OC)c1)C(=O)N2CC1CCC1. The lowest BCUT2D eigenvalue weighted by atomic mass is 9.60. The number of hydrogen-bond donors (Lipinski definition) is 0. The maximum atomic E-state index is 14.0. The summed E-state index contributed by atoms with van der Waals surface area (Å²) in [5.74, 6) is 2.27. The Morgan fingerprint density at radius 2 is 1.77 bits per heavy atom. The third-order valence-corrected chi connectivity index (χ3v) is 10.3. The number of rotatable bonds is 12. The van der Waals surface area contributed by atoms with Crippen molar-refractivity contribution in [2.75, 3.05) is 20.2 Å². The first kappa shape index (κ1) is 28.1. The van der Waals surface area contributed by atoms with Crippen LogP contribution in [0.3, 0.4) is 0 Å². The molecule has 1 atom stereocenters. The summed E-state index contributed by atoms with van der Waals surface area (Å²) in [5, 5.41) is 0. The fraction of sp³-hybridized carbons (Fsp3) is 0.629. The summed E-state index contributed by atoms with van der Waals surface area (Å²) in [4.78, 5) is 18.5. The summed E-state index contributed by atoms with van der Waals surface area (Å²) in [5.41, 5.74) is 2.86. The van der Waals surface area contributed by atoms with Gasteiger partial charge in [0.1, 0.15) is 5.75 Å². The molecule has 1 spiro atoms. The van der Waals surface area contributed by atoms with Crippen LogP contribution in [0.4, 0.5) is 4.79 Å². The predicted octanol–water partition coefficient (Wildman–Crippen LogP) is 8.59. The number of ether oxygens (including phenoxy) is 1. The first-order valence-electron chi connectivity index (χ1n) is 15.7. The molecule has 0 bridgehead atoms. The van der Waals surface area contributed by atoms with E-state index in [0.717, 1.165) is 43.2 Å². The van der Waals surface area contributed by atoms with E-state index in [2.05, 4.69) is 66.1 Å². The van der Waals surface area contributed by atoms with Crippen molar-refractivity contribution in [1.29, 1.82) is 0 Å². The maximum Gasteiger partial charge on any atom is 0.320 e. The zero-order valence-corrected chi connectivity index (χ0v) is 24.7. The zero-order chi connectivity index (χ0) is 27.3. The van der Waals surface area contributed by atoms with Crippen molar-refractivity contribution in [3.8, 4) is 5.75 Å². The monoisotopic (exact) mass is 530 g/mol. The Balaban J connectivity index is 1.36. The summed E-state index contributed by atoms with van der Waals surface area (Å²) in [6.45, 7) is 7.23. The van der Waals surface area contributed by atoms with E-state index in [0.29, 0.717) is 12.5 Å². The van der Waals surface area contributed by atoms with Crippen molar-refractivity contribution in [3.05, 3.63) is 65.7 Å². The number of carbonyl (C=O) groups is 1. The van der Waals surface area contributed by atoms with E-state index in [4.69, 9.17) is 4.74 Å². The van der Waals surface area contributed by atoms with Crippen molar-refractivity contribution in [1.82, 2.24) is 9.80 Å². The van der Waals surface area contributed by atoms with Crippen LogP contribution in [0.15, 0.2) is 54.6 Å². The number of methoxy groups -OCH3 is 1. The summed E-state index contributed by atoms with van der Waals surface area (Å²) in [7, 11) is 1.71. The average molecular weight is 531 g/mol. The summed E-state index contributed by atoms with van der Waals surface area (Å²) >= 11 is 0. The summed E-state index contributed by atoms with van der Waals surface area (Å²) in [6.07, 6.45) is 15.0. The molecule has 2 amide bonds. The Labute approximate surface area is 237 Å². The Hall–Kier alpha value is -2.49. The van der Waals surface area contributed by atoms with E-state index >= 15 is 0 Å². The van der Waals surface area contributed by atoms with Gasteiger partial charge in [-0.05, 0) is 85.5 Å². The van der Waals surface area contributed by atoms with Gasteiger partial charge in [0, 0.05) is 19.6 Å². The standard InChI is InChI=1S/C35H50N2O2/c1-4-5-7-12-28(2)24-34(31-16-8-6-9-17-31)19-21-35(22-20-34)27-36(25-30-15-11-18-32(23-30)39-3)33(38)37(35)26-29-13-10-14-29/h6,8-9,11,15-18,23,28-29H,4-5,7,10,12-14,19-22,24-27H2,1-3H3. The van der Waals surface area contributed by atoms with E-state index in [9.17, 15) is 4.79 Å². The van der Waals surface area contributed by atoms with Gasteiger partial charge in [-0.1, -0.05) is 88.4 Å². The number of amides is 2. The molecule has 3 fully saturated rings. The lowest BCUT2D eigenvalue weighted by Gasteiger charge is -2.50. The van der Waals surface area contributed by atoms with E-state index in [1.54, 1.807) is 7.11 Å². The maximum absolute atomic E-state index is 14.0. The fourth-order valence-electron chi connectivity index (χ4n) is 7.74. The minimum Gasteiger partial charge on any atom is -0.497 e. The van der Waals surface area contributed by atoms with E-state index in [1.807, 2.05) is 12.1 Å². The van der Waals surface area contributed by atoms with Crippen LogP contribution < -0.4 is 4.74 Å². The second-order valence-corrected chi connectivity index (χ2v) is 13.1. The van der Waals surface area contributed by atoms with Gasteiger partial charge in [0.2, 0.25) is 0 Å². The minimum atomic E-state index is -0.0325. The third kappa shape index (κ3) is 6.15. The molecule has 4 nitrogen and oxygen atoms in total. The fourth-order valence-corrected chi connectivity index (χ4v) is 7.74.